The van der Waals surface area contributed by atoms with Crippen molar-refractivity contribution in [1.82, 2.24) is 9.97 Å². The number of amides is 1. The van der Waals surface area contributed by atoms with Crippen molar-refractivity contribution in [3.05, 3.63) is 18.6 Å². The van der Waals surface area contributed by atoms with Crippen LogP contribution in [0, 0.1) is 0 Å². The Hall–Kier alpha value is -1.10. The van der Waals surface area contributed by atoms with Crippen LogP contribution in [0.4, 0.5) is 0 Å². The molecule has 0 saturated carbocycles. The van der Waals surface area contributed by atoms with E-state index in [0.29, 0.717) is 12.2 Å². The highest BCUT2D eigenvalue weighted by atomic mass is 32.2. The van der Waals surface area contributed by atoms with Crippen molar-refractivity contribution in [2.24, 2.45) is 5.73 Å². The molecular weight excluding hydrogens is 174 g/mol. The lowest BCUT2D eigenvalue weighted by Crippen LogP contribution is -2.10. The molecule has 0 bridgehead atoms. The Balaban J connectivity index is 2.29. The molecule has 12 heavy (non-hydrogen) atoms. The fourth-order valence-corrected chi connectivity index (χ4v) is 1.41. The number of hydrogen-bond donors (Lipinski definition) is 1. The summed E-state index contributed by atoms with van der Waals surface area (Å²) in [6.07, 6.45) is 3.53. The number of primary amides is 1. The summed E-state index contributed by atoms with van der Waals surface area (Å²) in [5, 5.41) is 0.867. The van der Waals surface area contributed by atoms with Gasteiger partial charge in [-0.3, -0.25) is 4.79 Å². The van der Waals surface area contributed by atoms with E-state index in [1.165, 1.54) is 18.1 Å². The maximum atomic E-state index is 10.4. The highest BCUT2D eigenvalue weighted by Crippen LogP contribution is 2.13. The fraction of sp³-hybridized carbons (Fsp3) is 0.286. The summed E-state index contributed by atoms with van der Waals surface area (Å²) >= 11 is 1.50. The van der Waals surface area contributed by atoms with Crippen LogP contribution in [0.1, 0.15) is 6.42 Å². The van der Waals surface area contributed by atoms with Crippen molar-refractivity contribution in [2.75, 3.05) is 5.75 Å². The van der Waals surface area contributed by atoms with E-state index in [9.17, 15) is 4.79 Å². The molecule has 4 nitrogen and oxygen atoms in total. The van der Waals surface area contributed by atoms with E-state index in [1.807, 2.05) is 0 Å². The van der Waals surface area contributed by atoms with Gasteiger partial charge in [0, 0.05) is 18.4 Å². The topological polar surface area (TPSA) is 68.9 Å². The summed E-state index contributed by atoms with van der Waals surface area (Å²) in [6.45, 7) is 0. The monoisotopic (exact) mass is 183 g/mol. The average Bonchev–Trinajstić information content (AvgIpc) is 2.05. The van der Waals surface area contributed by atoms with E-state index in [0.717, 1.165) is 5.03 Å². The first kappa shape index (κ1) is 8.99. The molecule has 0 saturated heterocycles. The van der Waals surface area contributed by atoms with Gasteiger partial charge < -0.3 is 5.73 Å². The molecule has 0 unspecified atom stereocenters. The predicted molar refractivity (Wildman–Crippen MR) is 46.6 cm³/mol. The summed E-state index contributed by atoms with van der Waals surface area (Å²) in [7, 11) is 0. The van der Waals surface area contributed by atoms with Crippen molar-refractivity contribution in [3.63, 3.8) is 0 Å². The van der Waals surface area contributed by atoms with Gasteiger partial charge in [-0.2, -0.15) is 0 Å². The first-order valence-electron chi connectivity index (χ1n) is 3.46. The van der Waals surface area contributed by atoms with Gasteiger partial charge in [0.1, 0.15) is 6.33 Å². The molecular formula is C7H9N3OS. The number of carbonyl (C=O) groups is 1. The normalized spacial score (nSPS) is 9.67. The second-order valence-electron chi connectivity index (χ2n) is 2.11. The SMILES string of the molecule is NC(=O)CCSc1ccncn1. The quantitative estimate of drug-likeness (QED) is 0.543. The van der Waals surface area contributed by atoms with E-state index < -0.39 is 0 Å². The van der Waals surface area contributed by atoms with E-state index in [-0.39, 0.29) is 5.91 Å². The second-order valence-corrected chi connectivity index (χ2v) is 3.23. The van der Waals surface area contributed by atoms with Gasteiger partial charge >= 0.3 is 0 Å². The smallest absolute Gasteiger partial charge is 0.218 e. The molecule has 1 aromatic rings. The van der Waals surface area contributed by atoms with Crippen molar-refractivity contribution in [1.29, 1.82) is 0 Å². The molecule has 0 aliphatic carbocycles. The number of aromatic nitrogens is 2. The van der Waals surface area contributed by atoms with Gasteiger partial charge in [-0.15, -0.1) is 11.8 Å². The Morgan fingerprint density at radius 2 is 2.50 bits per heavy atom. The Labute approximate surface area is 74.6 Å². The zero-order valence-electron chi connectivity index (χ0n) is 6.43. The van der Waals surface area contributed by atoms with Gasteiger partial charge in [0.25, 0.3) is 0 Å². The van der Waals surface area contributed by atoms with E-state index in [2.05, 4.69) is 9.97 Å². The highest BCUT2D eigenvalue weighted by Gasteiger charge is 1.96. The second kappa shape index (κ2) is 4.71. The molecule has 0 spiro atoms. The minimum atomic E-state index is -0.281. The number of hydrogen-bond acceptors (Lipinski definition) is 4. The Kier molecular flexibility index (Phi) is 3.53. The third-order valence-corrected chi connectivity index (χ3v) is 2.10. The van der Waals surface area contributed by atoms with Crippen LogP contribution >= 0.6 is 11.8 Å². The third kappa shape index (κ3) is 3.34. The first-order chi connectivity index (χ1) is 5.79. The van der Waals surface area contributed by atoms with Crippen LogP contribution in [0.5, 0.6) is 0 Å². The first-order valence-corrected chi connectivity index (χ1v) is 4.44. The fourth-order valence-electron chi connectivity index (χ4n) is 0.620. The molecule has 1 rings (SSSR count). The van der Waals surface area contributed by atoms with Crippen molar-refractivity contribution >= 4 is 17.7 Å². The van der Waals surface area contributed by atoms with Gasteiger partial charge in [-0.25, -0.2) is 9.97 Å². The molecule has 0 aliphatic heterocycles. The van der Waals surface area contributed by atoms with Crippen LogP contribution < -0.4 is 5.73 Å². The highest BCUT2D eigenvalue weighted by molar-refractivity contribution is 7.99. The van der Waals surface area contributed by atoms with Crippen molar-refractivity contribution in [3.8, 4) is 0 Å². The Morgan fingerprint density at radius 1 is 1.67 bits per heavy atom. The van der Waals surface area contributed by atoms with Crippen LogP contribution in [0.25, 0.3) is 0 Å². The van der Waals surface area contributed by atoms with Gasteiger partial charge in [-0.05, 0) is 6.07 Å². The van der Waals surface area contributed by atoms with E-state index in [1.54, 1.807) is 12.3 Å². The number of rotatable bonds is 4. The van der Waals surface area contributed by atoms with Gasteiger partial charge in [0.15, 0.2) is 0 Å². The summed E-state index contributed by atoms with van der Waals surface area (Å²) in [6, 6.07) is 1.80. The lowest BCUT2D eigenvalue weighted by Gasteiger charge is -1.96. The van der Waals surface area contributed by atoms with Crippen LogP contribution in [-0.4, -0.2) is 21.6 Å². The minimum absolute atomic E-state index is 0.281. The average molecular weight is 183 g/mol. The van der Waals surface area contributed by atoms with Gasteiger partial charge in [0.05, 0.1) is 5.03 Å². The predicted octanol–water partition coefficient (Wildman–Crippen LogP) is 0.444. The standard InChI is InChI=1S/C7H9N3OS/c8-6(11)2-4-12-7-1-3-9-5-10-7/h1,3,5H,2,4H2,(H2,8,11). The lowest BCUT2D eigenvalue weighted by atomic mass is 10.5. The molecule has 0 atom stereocenters. The number of nitrogens with two attached hydrogens (primary N) is 1. The van der Waals surface area contributed by atoms with E-state index in [4.69, 9.17) is 5.73 Å². The Bertz CT molecular complexity index is 252. The molecule has 5 heteroatoms. The summed E-state index contributed by atoms with van der Waals surface area (Å²) in [5.41, 5.74) is 4.97. The largest absolute Gasteiger partial charge is 0.370 e. The molecule has 0 aromatic carbocycles. The number of thioether (sulfide) groups is 1. The minimum Gasteiger partial charge on any atom is -0.370 e. The third-order valence-electron chi connectivity index (χ3n) is 1.15. The van der Waals surface area contributed by atoms with Crippen LogP contribution in [-0.2, 0) is 4.79 Å². The van der Waals surface area contributed by atoms with Crippen LogP contribution in [0.15, 0.2) is 23.6 Å². The molecule has 0 aliphatic rings. The molecule has 0 fully saturated rings. The molecule has 1 aromatic heterocycles. The maximum Gasteiger partial charge on any atom is 0.218 e. The zero-order chi connectivity index (χ0) is 8.81. The zero-order valence-corrected chi connectivity index (χ0v) is 7.25. The van der Waals surface area contributed by atoms with Gasteiger partial charge in [-0.1, -0.05) is 0 Å². The Morgan fingerprint density at radius 3 is 3.08 bits per heavy atom. The number of carbonyl (C=O) groups excluding carboxylic acids is 1. The molecule has 1 amide bonds. The summed E-state index contributed by atoms with van der Waals surface area (Å²) in [4.78, 5) is 18.1. The molecule has 64 valence electrons. The van der Waals surface area contributed by atoms with E-state index >= 15 is 0 Å². The van der Waals surface area contributed by atoms with Crippen LogP contribution in [0.2, 0.25) is 0 Å². The van der Waals surface area contributed by atoms with Crippen molar-refractivity contribution < 1.29 is 4.79 Å². The molecule has 1 heterocycles. The number of nitrogens with zero attached hydrogens (tertiary/aromatic N) is 2. The van der Waals surface area contributed by atoms with Gasteiger partial charge in [0.2, 0.25) is 5.91 Å². The molecule has 0 radical (unpaired) electrons. The van der Waals surface area contributed by atoms with Crippen molar-refractivity contribution in [2.45, 2.75) is 11.4 Å². The summed E-state index contributed by atoms with van der Waals surface area (Å²) in [5.74, 6) is 0.392. The summed E-state index contributed by atoms with van der Waals surface area (Å²) < 4.78 is 0. The van der Waals surface area contributed by atoms with Crippen LogP contribution in [0.3, 0.4) is 0 Å². The molecule has 2 N–H and O–H groups in total. The lowest BCUT2D eigenvalue weighted by molar-refractivity contribution is -0.117. The maximum absolute atomic E-state index is 10.4.